The zero-order valence-corrected chi connectivity index (χ0v) is 14.3. The molecule has 1 aliphatic heterocycles. The van der Waals surface area contributed by atoms with Crippen molar-refractivity contribution in [2.45, 2.75) is 0 Å². The highest BCUT2D eigenvalue weighted by Gasteiger charge is 2.29. The van der Waals surface area contributed by atoms with Crippen LogP contribution in [0.1, 0.15) is 10.4 Å². The van der Waals surface area contributed by atoms with Gasteiger partial charge in [-0.1, -0.05) is 11.8 Å². The van der Waals surface area contributed by atoms with E-state index in [1.807, 2.05) is 0 Å². The zero-order chi connectivity index (χ0) is 18.5. The summed E-state index contributed by atoms with van der Waals surface area (Å²) >= 11 is 0.931. The summed E-state index contributed by atoms with van der Waals surface area (Å²) in [6, 6.07) is 4.71. The molecular formula is C16H14N4O5S. The largest absolute Gasteiger partial charge is 0.452 e. The lowest BCUT2D eigenvalue weighted by molar-refractivity contribution is -0.126. The number of carbonyl (C=O) groups is 4. The summed E-state index contributed by atoms with van der Waals surface area (Å²) in [5, 5.41) is 2.17. The van der Waals surface area contributed by atoms with Crippen LogP contribution in [0.25, 0.3) is 11.0 Å². The fourth-order valence-electron chi connectivity index (χ4n) is 2.26. The van der Waals surface area contributed by atoms with Crippen LogP contribution in [-0.2, 0) is 14.3 Å². The number of aromatic nitrogens is 2. The third-order valence-electron chi connectivity index (χ3n) is 3.54. The van der Waals surface area contributed by atoms with Crippen LogP contribution in [0.2, 0.25) is 0 Å². The number of nitrogens with zero attached hydrogens (tertiary/aromatic N) is 3. The molecule has 2 heterocycles. The van der Waals surface area contributed by atoms with Crippen LogP contribution in [0.15, 0.2) is 30.6 Å². The second-order valence-corrected chi connectivity index (χ2v) is 6.21. The minimum Gasteiger partial charge on any atom is -0.452 e. The Kier molecular flexibility index (Phi) is 5.42. The topological polar surface area (TPSA) is 119 Å². The number of benzene rings is 1. The van der Waals surface area contributed by atoms with E-state index in [0.29, 0.717) is 11.0 Å². The lowest BCUT2D eigenvalue weighted by atomic mass is 10.2. The van der Waals surface area contributed by atoms with Gasteiger partial charge in [0.15, 0.2) is 6.61 Å². The first-order valence-electron chi connectivity index (χ1n) is 7.66. The Hall–Kier alpha value is -3.01. The summed E-state index contributed by atoms with van der Waals surface area (Å²) in [6.07, 6.45) is 3.06. The molecule has 0 spiro atoms. The van der Waals surface area contributed by atoms with Crippen LogP contribution in [0, 0.1) is 0 Å². The van der Waals surface area contributed by atoms with Gasteiger partial charge in [-0.15, -0.1) is 0 Å². The molecule has 0 radical (unpaired) electrons. The quantitative estimate of drug-likeness (QED) is 0.730. The number of amides is 3. The Bertz CT molecular complexity index is 872. The van der Waals surface area contributed by atoms with Gasteiger partial charge in [-0.3, -0.25) is 29.3 Å². The van der Waals surface area contributed by atoms with Crippen molar-refractivity contribution in [2.75, 3.05) is 25.4 Å². The van der Waals surface area contributed by atoms with E-state index in [-0.39, 0.29) is 35.6 Å². The molecule has 2 aromatic rings. The zero-order valence-electron chi connectivity index (χ0n) is 13.5. The summed E-state index contributed by atoms with van der Waals surface area (Å²) in [5.74, 6) is -1.33. The molecule has 10 heteroatoms. The molecule has 0 atom stereocenters. The molecule has 3 rings (SSSR count). The van der Waals surface area contributed by atoms with Gasteiger partial charge in [-0.2, -0.15) is 0 Å². The maximum Gasteiger partial charge on any atom is 0.338 e. The minimum absolute atomic E-state index is 0.0910. The predicted octanol–water partition coefficient (Wildman–Crippen LogP) is 0.598. The van der Waals surface area contributed by atoms with Crippen LogP contribution in [-0.4, -0.2) is 63.3 Å². The number of hydrogen-bond donors (Lipinski definition) is 1. The van der Waals surface area contributed by atoms with E-state index in [4.69, 9.17) is 4.74 Å². The van der Waals surface area contributed by atoms with E-state index in [1.165, 1.54) is 12.3 Å². The van der Waals surface area contributed by atoms with Crippen molar-refractivity contribution in [1.82, 2.24) is 20.2 Å². The molecule has 26 heavy (non-hydrogen) atoms. The maximum absolute atomic E-state index is 12.0. The lowest BCUT2D eigenvalue weighted by Gasteiger charge is -2.13. The van der Waals surface area contributed by atoms with Gasteiger partial charge in [0.25, 0.3) is 11.1 Å². The van der Waals surface area contributed by atoms with Crippen molar-refractivity contribution in [3.63, 3.8) is 0 Å². The molecule has 1 aromatic heterocycles. The van der Waals surface area contributed by atoms with Crippen LogP contribution in [0.5, 0.6) is 0 Å². The van der Waals surface area contributed by atoms with Crippen molar-refractivity contribution in [2.24, 2.45) is 0 Å². The molecule has 3 amide bonds. The third kappa shape index (κ3) is 4.14. The van der Waals surface area contributed by atoms with Crippen molar-refractivity contribution in [1.29, 1.82) is 0 Å². The summed E-state index contributed by atoms with van der Waals surface area (Å²) in [4.78, 5) is 55.8. The van der Waals surface area contributed by atoms with Crippen LogP contribution in [0.4, 0.5) is 4.79 Å². The average molecular weight is 374 g/mol. The molecule has 1 saturated heterocycles. The number of imide groups is 1. The monoisotopic (exact) mass is 374 g/mol. The fourth-order valence-corrected chi connectivity index (χ4v) is 3.01. The van der Waals surface area contributed by atoms with E-state index in [9.17, 15) is 19.2 Å². The van der Waals surface area contributed by atoms with Gasteiger partial charge in [0.05, 0.1) is 22.3 Å². The van der Waals surface area contributed by atoms with Crippen LogP contribution >= 0.6 is 11.8 Å². The second-order valence-electron chi connectivity index (χ2n) is 5.29. The molecule has 1 aromatic carbocycles. The molecular weight excluding hydrogens is 360 g/mol. The normalized spacial score (nSPS) is 13.9. The van der Waals surface area contributed by atoms with Gasteiger partial charge in [0.2, 0.25) is 5.91 Å². The van der Waals surface area contributed by atoms with Crippen molar-refractivity contribution in [3.8, 4) is 0 Å². The summed E-state index contributed by atoms with van der Waals surface area (Å²) in [7, 11) is 0. The second kappa shape index (κ2) is 7.91. The van der Waals surface area contributed by atoms with Gasteiger partial charge in [0.1, 0.15) is 0 Å². The Morgan fingerprint density at radius 3 is 2.69 bits per heavy atom. The number of carbonyl (C=O) groups excluding carboxylic acids is 4. The highest BCUT2D eigenvalue weighted by Crippen LogP contribution is 2.17. The molecule has 134 valence electrons. The fraction of sp³-hybridized carbons (Fsp3) is 0.250. The Morgan fingerprint density at radius 2 is 1.96 bits per heavy atom. The number of esters is 1. The standard InChI is InChI=1S/C16H14N4O5S/c21-13(19-5-6-20-14(22)9-26-16(20)24)8-25-15(23)10-1-2-11-12(7-10)18-4-3-17-11/h1-4,7H,5-6,8-9H2,(H,19,21). The maximum atomic E-state index is 12.0. The number of fused-ring (bicyclic) bond motifs is 1. The molecule has 0 aliphatic carbocycles. The van der Waals surface area contributed by atoms with E-state index < -0.39 is 18.5 Å². The number of nitrogens with one attached hydrogen (secondary N) is 1. The SMILES string of the molecule is O=C(COC(=O)c1ccc2nccnc2c1)NCCN1C(=O)CSC1=O. The molecule has 0 saturated carbocycles. The van der Waals surface area contributed by atoms with Crippen LogP contribution in [0.3, 0.4) is 0 Å². The Balaban J connectivity index is 1.45. The molecule has 9 nitrogen and oxygen atoms in total. The molecule has 1 N–H and O–H groups in total. The number of hydrogen-bond acceptors (Lipinski definition) is 8. The first-order valence-corrected chi connectivity index (χ1v) is 8.65. The van der Waals surface area contributed by atoms with E-state index in [0.717, 1.165) is 16.7 Å². The number of rotatable bonds is 6. The van der Waals surface area contributed by atoms with E-state index >= 15 is 0 Å². The smallest absolute Gasteiger partial charge is 0.338 e. The van der Waals surface area contributed by atoms with Gasteiger partial charge < -0.3 is 10.1 Å². The van der Waals surface area contributed by atoms with Crippen molar-refractivity contribution < 1.29 is 23.9 Å². The predicted molar refractivity (Wildman–Crippen MR) is 92.4 cm³/mol. The van der Waals surface area contributed by atoms with E-state index in [2.05, 4.69) is 15.3 Å². The number of ether oxygens (including phenoxy) is 1. The summed E-state index contributed by atoms with van der Waals surface area (Å²) in [5.41, 5.74) is 1.45. The van der Waals surface area contributed by atoms with Crippen molar-refractivity contribution in [3.05, 3.63) is 36.2 Å². The molecule has 1 fully saturated rings. The van der Waals surface area contributed by atoms with Crippen LogP contribution < -0.4 is 5.32 Å². The minimum atomic E-state index is -0.658. The van der Waals surface area contributed by atoms with Gasteiger partial charge in [-0.05, 0) is 18.2 Å². The van der Waals surface area contributed by atoms with Gasteiger partial charge in [-0.25, -0.2) is 4.79 Å². The van der Waals surface area contributed by atoms with Crippen molar-refractivity contribution >= 4 is 45.8 Å². The summed E-state index contributed by atoms with van der Waals surface area (Å²) in [6.45, 7) is -0.276. The van der Waals surface area contributed by atoms with Gasteiger partial charge in [0, 0.05) is 25.5 Å². The molecule has 0 bridgehead atoms. The molecule has 1 aliphatic rings. The Morgan fingerprint density at radius 1 is 1.19 bits per heavy atom. The van der Waals surface area contributed by atoms with Gasteiger partial charge >= 0.3 is 5.97 Å². The molecule has 0 unspecified atom stereocenters. The summed E-state index contributed by atoms with van der Waals surface area (Å²) < 4.78 is 4.95. The first-order chi connectivity index (χ1) is 12.5. The third-order valence-corrected chi connectivity index (χ3v) is 4.40. The Labute approximate surface area is 152 Å². The van der Waals surface area contributed by atoms with E-state index in [1.54, 1.807) is 18.3 Å². The highest BCUT2D eigenvalue weighted by atomic mass is 32.2. The average Bonchev–Trinajstić information content (AvgIpc) is 2.97. The lowest BCUT2D eigenvalue weighted by Crippen LogP contribution is -2.38. The number of thioether (sulfide) groups is 1. The highest BCUT2D eigenvalue weighted by molar-refractivity contribution is 8.14. The first kappa shape index (κ1) is 17.8.